The summed E-state index contributed by atoms with van der Waals surface area (Å²) in [7, 11) is 0. The van der Waals surface area contributed by atoms with E-state index in [2.05, 4.69) is 25.8 Å². The number of hydrogen-bond acceptors (Lipinski definition) is 3. The number of pyridine rings is 2. The Morgan fingerprint density at radius 2 is 2.00 bits per heavy atom. The Morgan fingerprint density at radius 3 is 2.62 bits per heavy atom. The first-order valence-corrected chi connectivity index (χ1v) is 9.08. The minimum Gasteiger partial charge on any atom is -0.505 e. The monoisotopic (exact) mass is 330 g/mol. The molecular weight excluding hydrogens is 300 g/mol. The van der Waals surface area contributed by atoms with Crippen LogP contribution in [0.15, 0.2) is 23.1 Å². The van der Waals surface area contributed by atoms with Gasteiger partial charge in [-0.1, -0.05) is 40.0 Å². The molecule has 2 aromatic rings. The molecule has 0 saturated heterocycles. The molecule has 0 fully saturated rings. The summed E-state index contributed by atoms with van der Waals surface area (Å²) in [5.74, 6) is 0.0483. The molecule has 0 saturated carbocycles. The third-order valence-electron chi connectivity index (χ3n) is 5.04. The summed E-state index contributed by atoms with van der Waals surface area (Å²) in [4.78, 5) is 17.6. The van der Waals surface area contributed by atoms with E-state index in [1.165, 1.54) is 0 Å². The molecule has 2 heterocycles. The van der Waals surface area contributed by atoms with E-state index in [0.29, 0.717) is 16.6 Å². The van der Waals surface area contributed by atoms with Crippen molar-refractivity contribution < 1.29 is 5.11 Å². The second-order valence-corrected chi connectivity index (χ2v) is 7.35. The van der Waals surface area contributed by atoms with E-state index >= 15 is 0 Å². The van der Waals surface area contributed by atoms with Crippen LogP contribution in [0.4, 0.5) is 0 Å². The van der Waals surface area contributed by atoms with E-state index < -0.39 is 0 Å². The zero-order valence-electron chi connectivity index (χ0n) is 15.6. The molecule has 4 nitrogen and oxygen atoms in total. The minimum absolute atomic E-state index is 0.00148. The summed E-state index contributed by atoms with van der Waals surface area (Å²) in [6, 6.07) is 3.70. The first-order chi connectivity index (χ1) is 11.3. The Labute approximate surface area is 144 Å². The van der Waals surface area contributed by atoms with Crippen LogP contribution in [0.2, 0.25) is 0 Å². The van der Waals surface area contributed by atoms with Crippen molar-refractivity contribution in [2.45, 2.75) is 78.2 Å². The molecule has 1 unspecified atom stereocenters. The molecule has 0 aromatic carbocycles. The van der Waals surface area contributed by atoms with Crippen molar-refractivity contribution >= 4 is 11.0 Å². The standard InChI is InChI=1S/C20H30N2O2/c1-6-8-9-12-20(4,5)22-15-11-10-13-21-17(15)18(23)16(19(22)24)14(3)7-2/h10-11,13-14,23H,6-9,12H2,1-5H3. The first kappa shape index (κ1) is 18.5. The fourth-order valence-electron chi connectivity index (χ4n) is 3.39. The van der Waals surface area contributed by atoms with E-state index in [0.717, 1.165) is 32.1 Å². The van der Waals surface area contributed by atoms with Crippen molar-refractivity contribution in [3.8, 4) is 5.75 Å². The largest absolute Gasteiger partial charge is 0.505 e. The van der Waals surface area contributed by atoms with Gasteiger partial charge in [0.15, 0.2) is 5.75 Å². The van der Waals surface area contributed by atoms with Gasteiger partial charge in [-0.15, -0.1) is 0 Å². The summed E-state index contributed by atoms with van der Waals surface area (Å²) in [5.41, 5.74) is 1.34. The molecule has 2 aromatic heterocycles. The van der Waals surface area contributed by atoms with Gasteiger partial charge in [0, 0.05) is 11.7 Å². The Bertz CT molecular complexity index is 762. The second-order valence-electron chi connectivity index (χ2n) is 7.35. The predicted molar refractivity (Wildman–Crippen MR) is 99.8 cm³/mol. The highest BCUT2D eigenvalue weighted by Crippen LogP contribution is 2.34. The molecule has 24 heavy (non-hydrogen) atoms. The smallest absolute Gasteiger partial charge is 0.258 e. The van der Waals surface area contributed by atoms with Crippen LogP contribution in [0.3, 0.4) is 0 Å². The van der Waals surface area contributed by atoms with Gasteiger partial charge in [0.05, 0.1) is 11.1 Å². The summed E-state index contributed by atoms with van der Waals surface area (Å²) >= 11 is 0. The van der Waals surface area contributed by atoms with Gasteiger partial charge in [-0.3, -0.25) is 9.78 Å². The van der Waals surface area contributed by atoms with Crippen LogP contribution in [0.1, 0.15) is 78.2 Å². The zero-order chi connectivity index (χ0) is 17.9. The van der Waals surface area contributed by atoms with E-state index in [-0.39, 0.29) is 22.8 Å². The van der Waals surface area contributed by atoms with Gasteiger partial charge in [-0.25, -0.2) is 0 Å². The van der Waals surface area contributed by atoms with Crippen LogP contribution in [-0.4, -0.2) is 14.7 Å². The minimum atomic E-state index is -0.316. The van der Waals surface area contributed by atoms with Gasteiger partial charge in [0.2, 0.25) is 0 Å². The molecule has 0 amide bonds. The lowest BCUT2D eigenvalue weighted by Gasteiger charge is -2.31. The van der Waals surface area contributed by atoms with Gasteiger partial charge in [-0.2, -0.15) is 0 Å². The topological polar surface area (TPSA) is 55.1 Å². The lowest BCUT2D eigenvalue weighted by molar-refractivity contribution is 0.312. The van der Waals surface area contributed by atoms with E-state index in [4.69, 9.17) is 0 Å². The molecule has 0 aliphatic carbocycles. The van der Waals surface area contributed by atoms with Gasteiger partial charge in [0.25, 0.3) is 5.56 Å². The van der Waals surface area contributed by atoms with E-state index in [1.54, 1.807) is 6.20 Å². The number of rotatable bonds is 7. The molecular formula is C20H30N2O2. The normalized spacial score (nSPS) is 13.4. The van der Waals surface area contributed by atoms with Crippen molar-refractivity contribution in [2.24, 2.45) is 0 Å². The molecule has 0 spiro atoms. The lowest BCUT2D eigenvalue weighted by Crippen LogP contribution is -2.38. The number of aromatic nitrogens is 2. The third kappa shape index (κ3) is 3.33. The van der Waals surface area contributed by atoms with Crippen molar-refractivity contribution in [3.63, 3.8) is 0 Å². The second kappa shape index (κ2) is 7.37. The zero-order valence-corrected chi connectivity index (χ0v) is 15.6. The Kier molecular flexibility index (Phi) is 5.68. The maximum absolute atomic E-state index is 13.3. The Hall–Kier alpha value is -1.84. The summed E-state index contributed by atoms with van der Waals surface area (Å²) in [5, 5.41) is 10.7. The quantitative estimate of drug-likeness (QED) is 0.732. The van der Waals surface area contributed by atoms with Crippen LogP contribution in [0.5, 0.6) is 5.75 Å². The molecule has 4 heteroatoms. The predicted octanol–water partition coefficient (Wildman–Crippen LogP) is 4.93. The first-order valence-electron chi connectivity index (χ1n) is 9.08. The summed E-state index contributed by atoms with van der Waals surface area (Å²) in [6.45, 7) is 10.4. The fourth-order valence-corrected chi connectivity index (χ4v) is 3.39. The Balaban J connectivity index is 2.74. The molecule has 1 N–H and O–H groups in total. The van der Waals surface area contributed by atoms with Crippen molar-refractivity contribution in [1.29, 1.82) is 0 Å². The van der Waals surface area contributed by atoms with Crippen molar-refractivity contribution in [2.75, 3.05) is 0 Å². The number of nitrogens with zero attached hydrogens (tertiary/aromatic N) is 2. The highest BCUT2D eigenvalue weighted by Gasteiger charge is 2.28. The lowest BCUT2D eigenvalue weighted by atomic mass is 9.93. The SMILES string of the molecule is CCCCCC(C)(C)n1c(=O)c(C(C)CC)c(O)c2ncccc21. The van der Waals surface area contributed by atoms with Crippen LogP contribution < -0.4 is 5.56 Å². The van der Waals surface area contributed by atoms with Crippen LogP contribution in [-0.2, 0) is 5.54 Å². The number of hydrogen-bond donors (Lipinski definition) is 1. The molecule has 132 valence electrons. The average molecular weight is 330 g/mol. The van der Waals surface area contributed by atoms with Crippen LogP contribution in [0, 0.1) is 0 Å². The third-order valence-corrected chi connectivity index (χ3v) is 5.04. The number of unbranched alkanes of at least 4 members (excludes halogenated alkanes) is 2. The molecule has 0 aliphatic rings. The molecule has 1 atom stereocenters. The summed E-state index contributed by atoms with van der Waals surface area (Å²) < 4.78 is 1.85. The number of aromatic hydroxyl groups is 1. The van der Waals surface area contributed by atoms with Crippen LogP contribution in [0.25, 0.3) is 11.0 Å². The van der Waals surface area contributed by atoms with Gasteiger partial charge < -0.3 is 9.67 Å². The molecule has 0 bridgehead atoms. The molecule has 0 radical (unpaired) electrons. The molecule has 2 rings (SSSR count). The highest BCUT2D eigenvalue weighted by atomic mass is 16.3. The maximum Gasteiger partial charge on any atom is 0.258 e. The maximum atomic E-state index is 13.3. The molecule has 0 aliphatic heterocycles. The average Bonchev–Trinajstić information content (AvgIpc) is 2.54. The van der Waals surface area contributed by atoms with Crippen LogP contribution >= 0.6 is 0 Å². The highest BCUT2D eigenvalue weighted by molar-refractivity contribution is 5.82. The summed E-state index contributed by atoms with van der Waals surface area (Å²) in [6.07, 6.45) is 6.79. The van der Waals surface area contributed by atoms with Crippen molar-refractivity contribution in [3.05, 3.63) is 34.2 Å². The number of fused-ring (bicyclic) bond motifs is 1. The van der Waals surface area contributed by atoms with E-state index in [9.17, 15) is 9.90 Å². The van der Waals surface area contributed by atoms with Gasteiger partial charge >= 0.3 is 0 Å². The van der Waals surface area contributed by atoms with Gasteiger partial charge in [-0.05, 0) is 44.7 Å². The Morgan fingerprint density at radius 1 is 1.29 bits per heavy atom. The fraction of sp³-hybridized carbons (Fsp3) is 0.600. The van der Waals surface area contributed by atoms with Crippen molar-refractivity contribution in [1.82, 2.24) is 9.55 Å². The van der Waals surface area contributed by atoms with E-state index in [1.807, 2.05) is 30.5 Å². The van der Waals surface area contributed by atoms with Gasteiger partial charge in [0.1, 0.15) is 5.52 Å².